The van der Waals surface area contributed by atoms with Crippen LogP contribution in [0.3, 0.4) is 0 Å². The van der Waals surface area contributed by atoms with Crippen LogP contribution < -0.4 is 0 Å². The molecule has 0 amide bonds. The molecule has 4 aromatic heterocycles. The number of fused-ring (bicyclic) bond motifs is 6. The van der Waals surface area contributed by atoms with Gasteiger partial charge in [0.15, 0.2) is 0 Å². The van der Waals surface area contributed by atoms with Crippen molar-refractivity contribution in [2.45, 2.75) is 0 Å². The third-order valence-corrected chi connectivity index (χ3v) is 4.69. The first kappa shape index (κ1) is 46.3. The third kappa shape index (κ3) is 14.0. The Kier molecular flexibility index (Phi) is 26.2. The van der Waals surface area contributed by atoms with Crippen molar-refractivity contribution in [3.63, 3.8) is 0 Å². The molecule has 0 fully saturated rings. The van der Waals surface area contributed by atoms with E-state index in [4.69, 9.17) is 26.6 Å². The van der Waals surface area contributed by atoms with E-state index in [2.05, 4.69) is 68.5 Å². The van der Waals surface area contributed by atoms with Crippen LogP contribution in [0, 0.1) is 0 Å². The molecule has 216 valence electrons. The second-order valence-electron chi connectivity index (χ2n) is 6.84. The summed E-state index contributed by atoms with van der Waals surface area (Å²) in [6, 6.07) is 24.3. The van der Waals surface area contributed by atoms with Gasteiger partial charge in [0.25, 0.3) is 0 Å². The summed E-state index contributed by atoms with van der Waals surface area (Å²) in [5, 5.41) is 4.55. The van der Waals surface area contributed by atoms with E-state index in [9.17, 15) is 0 Å². The predicted octanol–water partition coefficient (Wildman–Crippen LogP) is 0.254. The van der Waals surface area contributed by atoms with Gasteiger partial charge in [-0.25, -0.2) is 0 Å². The summed E-state index contributed by atoms with van der Waals surface area (Å²) in [6.45, 7) is 0. The quantitative estimate of drug-likeness (QED) is 0.117. The average molecular weight is 723 g/mol. The minimum absolute atomic E-state index is 0. The third-order valence-electron chi connectivity index (χ3n) is 4.69. The zero-order valence-electron chi connectivity index (χ0n) is 21.7. The van der Waals surface area contributed by atoms with Gasteiger partial charge in [-0.2, -0.15) is 0 Å². The summed E-state index contributed by atoms with van der Waals surface area (Å²) in [5.74, 6) is 0. The van der Waals surface area contributed by atoms with E-state index < -0.39 is 22.7 Å². The number of aromatic nitrogens is 4. The molecule has 18 heteroatoms. The van der Waals surface area contributed by atoms with Crippen LogP contribution >= 0.6 is 0 Å². The van der Waals surface area contributed by atoms with Crippen LogP contribution in [0.4, 0.5) is 0 Å². The molecule has 8 N–H and O–H groups in total. The maximum absolute atomic E-state index is 8.44. The minimum Gasteiger partial charge on any atom is -0.784 e. The van der Waals surface area contributed by atoms with E-state index in [0.29, 0.717) is 0 Å². The van der Waals surface area contributed by atoms with Crippen molar-refractivity contribution in [3.05, 3.63) is 97.6 Å². The monoisotopic (exact) mass is 720 g/mol. The molecule has 0 radical (unpaired) electrons. The van der Waals surface area contributed by atoms with Gasteiger partial charge in [0, 0.05) is 46.3 Å². The second-order valence-corrected chi connectivity index (χ2v) is 7.66. The van der Waals surface area contributed by atoms with Gasteiger partial charge in [0.2, 0.25) is 0 Å². The number of hydrogen-bond acceptors (Lipinski definition) is 10. The molecule has 0 saturated carbocycles. The Morgan fingerprint density at radius 1 is 0.405 bits per heavy atom. The van der Waals surface area contributed by atoms with Crippen LogP contribution in [-0.4, -0.2) is 68.5 Å². The summed E-state index contributed by atoms with van der Waals surface area (Å²) in [7, 11) is 0. The molecule has 0 atom stereocenters. The first-order chi connectivity index (χ1) is 17.4. The van der Waals surface area contributed by atoms with Gasteiger partial charge < -0.3 is 40.1 Å². The van der Waals surface area contributed by atoms with Crippen molar-refractivity contribution in [1.29, 1.82) is 0 Å². The summed E-state index contributed by atoms with van der Waals surface area (Å²) in [6.07, 6.45) is 7.21. The summed E-state index contributed by atoms with van der Waals surface area (Å²) in [4.78, 5) is 17.4. The largest absolute Gasteiger partial charge is 2.00 e. The molecule has 2 aromatic carbocycles. The minimum atomic E-state index is -3.11. The number of nitrogens with zero attached hydrogens (tertiary/aromatic N) is 4. The van der Waals surface area contributed by atoms with E-state index in [-0.39, 0.29) is 60.9 Å². The Morgan fingerprint density at radius 3 is 0.738 bits per heavy atom. The zero-order valence-corrected chi connectivity index (χ0v) is 29.3. The molecule has 6 aromatic rings. The van der Waals surface area contributed by atoms with Crippen molar-refractivity contribution >= 4 is 66.3 Å². The Hall–Kier alpha value is -2.69. The van der Waals surface area contributed by atoms with Gasteiger partial charge >= 0.3 is 39.0 Å². The first-order valence-electron chi connectivity index (χ1n) is 10.1. The van der Waals surface area contributed by atoms with Crippen molar-refractivity contribution in [3.8, 4) is 0 Å². The van der Waals surface area contributed by atoms with Crippen LogP contribution in [0.15, 0.2) is 97.6 Å². The Bertz CT molecular complexity index is 1430. The number of benzene rings is 2. The van der Waals surface area contributed by atoms with E-state index in [1.165, 1.54) is 0 Å². The molecule has 0 unspecified atom stereocenters. The van der Waals surface area contributed by atoms with E-state index in [1.807, 2.05) is 24.3 Å². The fourth-order valence-electron chi connectivity index (χ4n) is 3.36. The first-order valence-corrected chi connectivity index (χ1v) is 12.1. The summed E-state index contributed by atoms with van der Waals surface area (Å²) in [5.41, 5.74) is 3.91. The molecule has 4 heterocycles. The molecule has 0 aliphatic heterocycles. The smallest absolute Gasteiger partial charge is 0.784 e. The molecule has 6 rings (SSSR count). The van der Waals surface area contributed by atoms with E-state index in [1.54, 1.807) is 24.8 Å². The van der Waals surface area contributed by atoms with Crippen LogP contribution in [0.1, 0.15) is 0 Å². The Morgan fingerprint density at radius 2 is 0.571 bits per heavy atom. The van der Waals surface area contributed by atoms with Crippen LogP contribution in [-0.2, 0) is 61.7 Å². The number of hydrogen-bond donors (Lipinski definition) is 0. The summed E-state index contributed by atoms with van der Waals surface area (Å²) >= 11 is -6.22. The maximum Gasteiger partial charge on any atom is 2.00 e. The fourth-order valence-corrected chi connectivity index (χ4v) is 3.36. The van der Waals surface area contributed by atoms with Gasteiger partial charge in [-0.05, 0) is 24.3 Å². The molecule has 0 aliphatic carbocycles. The Balaban J connectivity index is -0.000000247. The van der Waals surface area contributed by atoms with Gasteiger partial charge in [-0.15, -0.1) is 22.7 Å². The second kappa shape index (κ2) is 23.8. The van der Waals surface area contributed by atoms with Crippen molar-refractivity contribution < 1.29 is 87.5 Å². The van der Waals surface area contributed by atoms with Crippen LogP contribution in [0.5, 0.6) is 0 Å². The predicted molar refractivity (Wildman–Crippen MR) is 148 cm³/mol. The number of rotatable bonds is 0. The average Bonchev–Trinajstić information content (AvgIpc) is 2.88. The molecular weight excluding hydrogens is 699 g/mol. The van der Waals surface area contributed by atoms with Gasteiger partial charge in [-0.3, -0.25) is 28.4 Å². The molecule has 0 saturated heterocycles. The van der Waals surface area contributed by atoms with Crippen molar-refractivity contribution in [2.75, 3.05) is 0 Å². The normalized spacial score (nSPS) is 8.90. The van der Waals surface area contributed by atoms with Crippen LogP contribution in [0.2, 0.25) is 0 Å². The van der Waals surface area contributed by atoms with Gasteiger partial charge in [0.1, 0.15) is 0 Å². The summed E-state index contributed by atoms with van der Waals surface area (Å²) < 4.78 is 50.7. The molecule has 0 spiro atoms. The van der Waals surface area contributed by atoms with Crippen LogP contribution in [0.25, 0.3) is 43.6 Å². The maximum atomic E-state index is 8.44. The molecule has 0 aliphatic rings. The fraction of sp³-hybridized carbons (Fsp3) is 0. The molecule has 42 heavy (non-hydrogen) atoms. The topological polar surface area (TPSA) is 304 Å². The van der Waals surface area contributed by atoms with Gasteiger partial charge in [-0.1, -0.05) is 48.5 Å². The van der Waals surface area contributed by atoms with Crippen molar-refractivity contribution in [1.82, 2.24) is 19.9 Å². The van der Waals surface area contributed by atoms with Gasteiger partial charge in [0.05, 0.1) is 22.1 Å². The zero-order chi connectivity index (χ0) is 25.9. The van der Waals surface area contributed by atoms with E-state index >= 15 is 0 Å². The molecule has 0 bridgehead atoms. The molecule has 14 nitrogen and oxygen atoms in total. The molecular formula is C24H24N4O10S2Zn2. The van der Waals surface area contributed by atoms with E-state index in [0.717, 1.165) is 43.6 Å². The SMILES string of the molecule is O.O.O.O.O=S([O-])[O-].O=S([O-])[O-].[Zn+2].[Zn+2].c1cnc2c(c1)ccc1cccnc12.c1cnc2c(c1)ccc1cccnc12. The number of pyridine rings is 4. The Labute approximate surface area is 270 Å². The standard InChI is InChI=1S/2C12H8N2.2H2O3S.4H2O.2Zn/c2*1-3-9-5-6-10-4-2-8-14-12(10)11(9)13-7-1;2*1-4(2)3;;;;;;/h2*1-8H;2*(H2,1,2,3);4*1H2;;/q;;;;;;;;2*+2/p-4. The van der Waals surface area contributed by atoms with Crippen molar-refractivity contribution in [2.24, 2.45) is 0 Å².